The van der Waals surface area contributed by atoms with Crippen LogP contribution in [0.25, 0.3) is 0 Å². The Morgan fingerprint density at radius 1 is 1.59 bits per heavy atom. The third-order valence-electron chi connectivity index (χ3n) is 2.34. The maximum Gasteiger partial charge on any atom is 0.306 e. The lowest BCUT2D eigenvalue weighted by Gasteiger charge is -2.06. The first-order chi connectivity index (χ1) is 8.02. The zero-order valence-electron chi connectivity index (χ0n) is 9.40. The third-order valence-corrected chi connectivity index (χ3v) is 4.18. The predicted octanol–water partition coefficient (Wildman–Crippen LogP) is 2.74. The minimum absolute atomic E-state index is 0.116. The van der Waals surface area contributed by atoms with Crippen LogP contribution in [0.5, 0.6) is 0 Å². The number of thiophene rings is 1. The lowest BCUT2D eigenvalue weighted by molar-refractivity contribution is -0.141. The van der Waals surface area contributed by atoms with Gasteiger partial charge in [0.05, 0.1) is 5.92 Å². The second kappa shape index (κ2) is 6.76. The number of carbonyl (C=O) groups excluding carboxylic acids is 1. The number of aliphatic carboxylic acids is 1. The van der Waals surface area contributed by atoms with E-state index in [0.717, 1.165) is 4.47 Å². The second-order valence-electron chi connectivity index (χ2n) is 3.74. The van der Waals surface area contributed by atoms with Crippen molar-refractivity contribution in [1.82, 2.24) is 5.32 Å². The Bertz CT molecular complexity index is 405. The highest BCUT2D eigenvalue weighted by molar-refractivity contribution is 9.10. The van der Waals surface area contributed by atoms with Gasteiger partial charge in [-0.3, -0.25) is 9.59 Å². The second-order valence-corrected chi connectivity index (χ2v) is 5.51. The van der Waals surface area contributed by atoms with E-state index < -0.39 is 5.97 Å². The zero-order chi connectivity index (χ0) is 12.8. The van der Waals surface area contributed by atoms with Gasteiger partial charge in [0.15, 0.2) is 0 Å². The zero-order valence-corrected chi connectivity index (χ0v) is 11.8. The molecular formula is C11H14BrNO3S. The molecule has 1 rings (SSSR count). The average Bonchev–Trinajstić information content (AvgIpc) is 2.70. The number of halogens is 1. The van der Waals surface area contributed by atoms with E-state index in [1.807, 2.05) is 11.4 Å². The number of hydrogen-bond donors (Lipinski definition) is 2. The smallest absolute Gasteiger partial charge is 0.306 e. The summed E-state index contributed by atoms with van der Waals surface area (Å²) >= 11 is 4.66. The first-order valence-electron chi connectivity index (χ1n) is 5.26. The summed E-state index contributed by atoms with van der Waals surface area (Å²) in [5, 5.41) is 13.3. The Kier molecular flexibility index (Phi) is 5.64. The molecule has 0 bridgehead atoms. The van der Waals surface area contributed by atoms with Gasteiger partial charge in [-0.05, 0) is 40.2 Å². The van der Waals surface area contributed by atoms with Gasteiger partial charge in [-0.1, -0.05) is 6.92 Å². The van der Waals surface area contributed by atoms with E-state index in [1.165, 1.54) is 11.3 Å². The van der Waals surface area contributed by atoms with Crippen molar-refractivity contribution in [3.63, 3.8) is 0 Å². The summed E-state index contributed by atoms with van der Waals surface area (Å²) < 4.78 is 0.791. The highest BCUT2D eigenvalue weighted by Crippen LogP contribution is 2.22. The Labute approximate surface area is 112 Å². The maximum absolute atomic E-state index is 11.7. The highest BCUT2D eigenvalue weighted by Gasteiger charge is 2.12. The molecule has 1 unspecified atom stereocenters. The summed E-state index contributed by atoms with van der Waals surface area (Å²) in [6, 6.07) is 1.83. The summed E-state index contributed by atoms with van der Waals surface area (Å²) in [5.41, 5.74) is 0. The molecule has 0 saturated heterocycles. The summed E-state index contributed by atoms with van der Waals surface area (Å²) in [6.07, 6.45) is 1.24. The molecule has 1 amide bonds. The molecule has 17 heavy (non-hydrogen) atoms. The fourth-order valence-corrected chi connectivity index (χ4v) is 2.74. The van der Waals surface area contributed by atoms with Gasteiger partial charge < -0.3 is 10.4 Å². The lowest BCUT2D eigenvalue weighted by Crippen LogP contribution is -2.24. The highest BCUT2D eigenvalue weighted by atomic mass is 79.9. The molecule has 1 heterocycles. The molecule has 0 aliphatic rings. The molecule has 1 atom stereocenters. The van der Waals surface area contributed by atoms with Crippen molar-refractivity contribution in [1.29, 1.82) is 0 Å². The van der Waals surface area contributed by atoms with Gasteiger partial charge in [0.25, 0.3) is 5.91 Å². The number of carboxylic acid groups (broad SMARTS) is 1. The van der Waals surface area contributed by atoms with Crippen molar-refractivity contribution >= 4 is 39.1 Å². The SMILES string of the molecule is CC(CCCNC(=O)c1sccc1Br)C(=O)O. The molecule has 0 fully saturated rings. The third kappa shape index (κ3) is 4.47. The number of rotatable bonds is 6. The lowest BCUT2D eigenvalue weighted by atomic mass is 10.1. The molecule has 2 N–H and O–H groups in total. The maximum atomic E-state index is 11.7. The summed E-state index contributed by atoms with van der Waals surface area (Å²) in [4.78, 5) is 22.9. The molecule has 4 nitrogen and oxygen atoms in total. The van der Waals surface area contributed by atoms with Gasteiger partial charge in [0.1, 0.15) is 4.88 Å². The van der Waals surface area contributed by atoms with Gasteiger partial charge in [0, 0.05) is 11.0 Å². The average molecular weight is 320 g/mol. The van der Waals surface area contributed by atoms with Crippen LogP contribution in [0, 0.1) is 5.92 Å². The number of nitrogens with one attached hydrogen (secondary N) is 1. The molecule has 1 aromatic heterocycles. The molecule has 0 radical (unpaired) electrons. The van der Waals surface area contributed by atoms with Crippen LogP contribution in [0.3, 0.4) is 0 Å². The molecule has 1 aromatic rings. The van der Waals surface area contributed by atoms with E-state index in [1.54, 1.807) is 6.92 Å². The van der Waals surface area contributed by atoms with E-state index in [2.05, 4.69) is 21.2 Å². The van der Waals surface area contributed by atoms with Crippen LogP contribution in [0.15, 0.2) is 15.9 Å². The van der Waals surface area contributed by atoms with Gasteiger partial charge in [-0.25, -0.2) is 0 Å². The Hall–Kier alpha value is -0.880. The summed E-state index contributed by atoms with van der Waals surface area (Å²) in [5.74, 6) is -1.27. The molecule has 0 aliphatic carbocycles. The van der Waals surface area contributed by atoms with Crippen LogP contribution in [-0.4, -0.2) is 23.5 Å². The predicted molar refractivity (Wildman–Crippen MR) is 70.4 cm³/mol. The van der Waals surface area contributed by atoms with E-state index >= 15 is 0 Å². The standard InChI is InChI=1S/C11H14BrNO3S/c1-7(11(15)16)3-2-5-13-10(14)9-8(12)4-6-17-9/h4,6-7H,2-3,5H2,1H3,(H,13,14)(H,15,16). The normalized spacial score (nSPS) is 12.1. The summed E-state index contributed by atoms with van der Waals surface area (Å²) in [6.45, 7) is 2.17. The number of carboxylic acids is 1. The largest absolute Gasteiger partial charge is 0.481 e. The first-order valence-corrected chi connectivity index (χ1v) is 6.93. The van der Waals surface area contributed by atoms with E-state index in [-0.39, 0.29) is 11.8 Å². The Morgan fingerprint density at radius 3 is 2.82 bits per heavy atom. The van der Waals surface area contributed by atoms with Crippen LogP contribution in [-0.2, 0) is 4.79 Å². The van der Waals surface area contributed by atoms with E-state index in [0.29, 0.717) is 24.3 Å². The monoisotopic (exact) mass is 319 g/mol. The number of carbonyl (C=O) groups is 2. The number of hydrogen-bond acceptors (Lipinski definition) is 3. The van der Waals surface area contributed by atoms with Crippen LogP contribution in [0.1, 0.15) is 29.4 Å². The van der Waals surface area contributed by atoms with Crippen LogP contribution in [0.4, 0.5) is 0 Å². The van der Waals surface area contributed by atoms with Crippen molar-refractivity contribution < 1.29 is 14.7 Å². The quantitative estimate of drug-likeness (QED) is 0.792. The van der Waals surface area contributed by atoms with Crippen molar-refractivity contribution in [2.45, 2.75) is 19.8 Å². The Morgan fingerprint density at radius 2 is 2.29 bits per heavy atom. The minimum atomic E-state index is -0.794. The fourth-order valence-electron chi connectivity index (χ4n) is 1.27. The van der Waals surface area contributed by atoms with Crippen molar-refractivity contribution in [2.75, 3.05) is 6.54 Å². The first kappa shape index (κ1) is 14.2. The number of amides is 1. The van der Waals surface area contributed by atoms with Crippen LogP contribution < -0.4 is 5.32 Å². The molecule has 0 saturated carbocycles. The van der Waals surface area contributed by atoms with Gasteiger partial charge in [0.2, 0.25) is 0 Å². The van der Waals surface area contributed by atoms with Crippen molar-refractivity contribution in [3.05, 3.63) is 20.8 Å². The van der Waals surface area contributed by atoms with E-state index in [4.69, 9.17) is 5.11 Å². The van der Waals surface area contributed by atoms with Crippen LogP contribution in [0.2, 0.25) is 0 Å². The van der Waals surface area contributed by atoms with Gasteiger partial charge in [-0.2, -0.15) is 0 Å². The topological polar surface area (TPSA) is 66.4 Å². The minimum Gasteiger partial charge on any atom is -0.481 e. The van der Waals surface area contributed by atoms with Gasteiger partial charge >= 0.3 is 5.97 Å². The fraction of sp³-hybridized carbons (Fsp3) is 0.455. The molecule has 94 valence electrons. The molecule has 0 aliphatic heterocycles. The van der Waals surface area contributed by atoms with Crippen molar-refractivity contribution in [3.8, 4) is 0 Å². The molecule has 0 spiro atoms. The van der Waals surface area contributed by atoms with Crippen LogP contribution >= 0.6 is 27.3 Å². The van der Waals surface area contributed by atoms with Crippen molar-refractivity contribution in [2.24, 2.45) is 5.92 Å². The van der Waals surface area contributed by atoms with E-state index in [9.17, 15) is 9.59 Å². The summed E-state index contributed by atoms with van der Waals surface area (Å²) in [7, 11) is 0. The molecule has 6 heteroatoms. The molecule has 0 aromatic carbocycles. The van der Waals surface area contributed by atoms with Gasteiger partial charge in [-0.15, -0.1) is 11.3 Å². The molecular weight excluding hydrogens is 306 g/mol. The Balaban J connectivity index is 2.26.